The Labute approximate surface area is 135 Å². The molecule has 0 aliphatic carbocycles. The first-order chi connectivity index (χ1) is 11.0. The standard InChI is InChI=1S/C19H18O4/c1-13(2)18(19(21)22)17-9-4-3-7-15(17)12-23-16-8-5-6-14(10-16)11-20/h3-11H,12H2,1-2H3,(H,21,22). The summed E-state index contributed by atoms with van der Waals surface area (Å²) in [5.41, 5.74) is 2.97. The van der Waals surface area contributed by atoms with E-state index in [1.165, 1.54) is 0 Å². The molecule has 0 amide bonds. The number of hydrogen-bond donors (Lipinski definition) is 1. The van der Waals surface area contributed by atoms with Crippen molar-refractivity contribution in [3.05, 3.63) is 70.8 Å². The number of carbonyl (C=O) groups excluding carboxylic acids is 1. The number of ether oxygens (including phenoxy) is 1. The molecule has 0 bridgehead atoms. The number of hydrogen-bond acceptors (Lipinski definition) is 3. The Morgan fingerprint density at radius 1 is 1.13 bits per heavy atom. The van der Waals surface area contributed by atoms with Gasteiger partial charge < -0.3 is 9.84 Å². The molecule has 0 fully saturated rings. The van der Waals surface area contributed by atoms with E-state index in [9.17, 15) is 14.7 Å². The van der Waals surface area contributed by atoms with Gasteiger partial charge in [-0.05, 0) is 37.1 Å². The van der Waals surface area contributed by atoms with Crippen LogP contribution in [-0.2, 0) is 11.4 Å². The maximum absolute atomic E-state index is 11.5. The van der Waals surface area contributed by atoms with Crippen molar-refractivity contribution in [1.82, 2.24) is 0 Å². The predicted molar refractivity (Wildman–Crippen MR) is 88.5 cm³/mol. The number of carbonyl (C=O) groups is 2. The molecular formula is C19H18O4. The van der Waals surface area contributed by atoms with E-state index in [1.54, 1.807) is 50.2 Å². The first kappa shape index (κ1) is 16.5. The molecule has 1 N–H and O–H groups in total. The fraction of sp³-hybridized carbons (Fsp3) is 0.158. The number of carboxylic acids is 1. The van der Waals surface area contributed by atoms with Crippen molar-refractivity contribution in [2.24, 2.45) is 0 Å². The van der Waals surface area contributed by atoms with Gasteiger partial charge in [-0.2, -0.15) is 0 Å². The SMILES string of the molecule is CC(C)=C(C(=O)O)c1ccccc1COc1cccc(C=O)c1. The molecule has 0 saturated carbocycles. The molecule has 0 radical (unpaired) electrons. The molecule has 2 aromatic rings. The van der Waals surface area contributed by atoms with E-state index in [1.807, 2.05) is 12.1 Å². The summed E-state index contributed by atoms with van der Waals surface area (Å²) in [6.45, 7) is 3.77. The largest absolute Gasteiger partial charge is 0.489 e. The molecule has 0 unspecified atom stereocenters. The van der Waals surface area contributed by atoms with Crippen LogP contribution in [0, 0.1) is 0 Å². The minimum atomic E-state index is -0.958. The summed E-state index contributed by atoms with van der Waals surface area (Å²) in [7, 11) is 0. The lowest BCUT2D eigenvalue weighted by Crippen LogP contribution is -2.07. The third kappa shape index (κ3) is 4.07. The third-order valence-electron chi connectivity index (χ3n) is 3.39. The van der Waals surface area contributed by atoms with Crippen molar-refractivity contribution in [2.75, 3.05) is 0 Å². The van der Waals surface area contributed by atoms with Gasteiger partial charge in [0, 0.05) is 5.56 Å². The Bertz CT molecular complexity index is 755. The summed E-state index contributed by atoms with van der Waals surface area (Å²) < 4.78 is 5.71. The molecule has 4 nitrogen and oxygen atoms in total. The molecule has 23 heavy (non-hydrogen) atoms. The minimum absolute atomic E-state index is 0.225. The number of carboxylic acid groups (broad SMARTS) is 1. The van der Waals surface area contributed by atoms with E-state index >= 15 is 0 Å². The molecular weight excluding hydrogens is 292 g/mol. The van der Waals surface area contributed by atoms with Crippen LogP contribution in [0.4, 0.5) is 0 Å². The van der Waals surface area contributed by atoms with E-state index in [2.05, 4.69) is 0 Å². The minimum Gasteiger partial charge on any atom is -0.489 e. The first-order valence-electron chi connectivity index (χ1n) is 7.20. The number of allylic oxidation sites excluding steroid dienone is 1. The maximum Gasteiger partial charge on any atom is 0.336 e. The van der Waals surface area contributed by atoms with Gasteiger partial charge in [0.1, 0.15) is 18.6 Å². The monoisotopic (exact) mass is 310 g/mol. The van der Waals surface area contributed by atoms with Crippen molar-refractivity contribution < 1.29 is 19.4 Å². The van der Waals surface area contributed by atoms with E-state index < -0.39 is 5.97 Å². The van der Waals surface area contributed by atoms with Gasteiger partial charge in [0.25, 0.3) is 0 Å². The lowest BCUT2D eigenvalue weighted by Gasteiger charge is -2.13. The Kier molecular flexibility index (Phi) is 5.31. The molecule has 0 saturated heterocycles. The van der Waals surface area contributed by atoms with Crippen LogP contribution < -0.4 is 4.74 Å². The lowest BCUT2D eigenvalue weighted by molar-refractivity contribution is -0.130. The van der Waals surface area contributed by atoms with Gasteiger partial charge in [0.15, 0.2) is 0 Å². The van der Waals surface area contributed by atoms with Gasteiger partial charge >= 0.3 is 5.97 Å². The Morgan fingerprint density at radius 3 is 2.52 bits per heavy atom. The molecule has 0 atom stereocenters. The van der Waals surface area contributed by atoms with E-state index in [0.717, 1.165) is 17.4 Å². The molecule has 118 valence electrons. The Hall–Kier alpha value is -2.88. The van der Waals surface area contributed by atoms with Crippen LogP contribution in [0.1, 0.15) is 35.3 Å². The number of benzene rings is 2. The fourth-order valence-corrected chi connectivity index (χ4v) is 2.33. The number of rotatable bonds is 6. The second-order valence-electron chi connectivity index (χ2n) is 5.32. The fourth-order valence-electron chi connectivity index (χ4n) is 2.33. The summed E-state index contributed by atoms with van der Waals surface area (Å²) in [5, 5.41) is 9.44. The Balaban J connectivity index is 2.29. The lowest BCUT2D eigenvalue weighted by atomic mass is 9.97. The van der Waals surface area contributed by atoms with Gasteiger partial charge in [-0.1, -0.05) is 42.0 Å². The van der Waals surface area contributed by atoms with Crippen LogP contribution in [0.3, 0.4) is 0 Å². The van der Waals surface area contributed by atoms with Gasteiger partial charge in [0.2, 0.25) is 0 Å². The van der Waals surface area contributed by atoms with Crippen molar-refractivity contribution >= 4 is 17.8 Å². The van der Waals surface area contributed by atoms with Gasteiger partial charge in [-0.3, -0.25) is 4.79 Å². The Morgan fingerprint density at radius 2 is 1.87 bits per heavy atom. The van der Waals surface area contributed by atoms with Gasteiger partial charge in [-0.25, -0.2) is 4.79 Å². The van der Waals surface area contributed by atoms with Gasteiger partial charge in [-0.15, -0.1) is 0 Å². The molecule has 0 aliphatic heterocycles. The average Bonchev–Trinajstić information content (AvgIpc) is 2.53. The topological polar surface area (TPSA) is 63.6 Å². The highest BCUT2D eigenvalue weighted by Crippen LogP contribution is 2.24. The quantitative estimate of drug-likeness (QED) is 0.648. The molecule has 4 heteroatoms. The summed E-state index contributed by atoms with van der Waals surface area (Å²) in [5.74, 6) is -0.390. The number of aldehydes is 1. The zero-order valence-electron chi connectivity index (χ0n) is 13.1. The molecule has 0 spiro atoms. The van der Waals surface area contributed by atoms with Crippen LogP contribution in [0.5, 0.6) is 5.75 Å². The highest BCUT2D eigenvalue weighted by Gasteiger charge is 2.16. The summed E-state index contributed by atoms with van der Waals surface area (Å²) >= 11 is 0. The molecule has 2 rings (SSSR count). The van der Waals surface area contributed by atoms with Gasteiger partial charge in [0.05, 0.1) is 5.57 Å². The van der Waals surface area contributed by atoms with Crippen molar-refractivity contribution in [1.29, 1.82) is 0 Å². The molecule has 0 aliphatic rings. The summed E-state index contributed by atoms with van der Waals surface area (Å²) in [6.07, 6.45) is 0.756. The predicted octanol–water partition coefficient (Wildman–Crippen LogP) is 3.96. The van der Waals surface area contributed by atoms with Crippen LogP contribution in [0.15, 0.2) is 54.1 Å². The maximum atomic E-state index is 11.5. The average molecular weight is 310 g/mol. The highest BCUT2D eigenvalue weighted by atomic mass is 16.5. The second-order valence-corrected chi connectivity index (χ2v) is 5.32. The zero-order chi connectivity index (χ0) is 16.8. The van der Waals surface area contributed by atoms with Crippen LogP contribution >= 0.6 is 0 Å². The highest BCUT2D eigenvalue weighted by molar-refractivity contribution is 6.16. The zero-order valence-corrected chi connectivity index (χ0v) is 13.1. The normalized spacial score (nSPS) is 10.0. The molecule has 2 aromatic carbocycles. The van der Waals surface area contributed by atoms with E-state index in [4.69, 9.17) is 4.74 Å². The van der Waals surface area contributed by atoms with Crippen molar-refractivity contribution in [3.8, 4) is 5.75 Å². The van der Waals surface area contributed by atoms with Crippen molar-refractivity contribution in [3.63, 3.8) is 0 Å². The third-order valence-corrected chi connectivity index (χ3v) is 3.39. The smallest absolute Gasteiger partial charge is 0.336 e. The van der Waals surface area contributed by atoms with Crippen LogP contribution in [-0.4, -0.2) is 17.4 Å². The van der Waals surface area contributed by atoms with Crippen molar-refractivity contribution in [2.45, 2.75) is 20.5 Å². The second kappa shape index (κ2) is 7.40. The van der Waals surface area contributed by atoms with E-state index in [-0.39, 0.29) is 12.2 Å². The van der Waals surface area contributed by atoms with Crippen LogP contribution in [0.2, 0.25) is 0 Å². The van der Waals surface area contributed by atoms with Crippen LogP contribution in [0.25, 0.3) is 5.57 Å². The van der Waals surface area contributed by atoms with E-state index in [0.29, 0.717) is 16.9 Å². The summed E-state index contributed by atoms with van der Waals surface area (Å²) in [6, 6.07) is 14.1. The molecule has 0 aromatic heterocycles. The first-order valence-corrected chi connectivity index (χ1v) is 7.20. The number of aliphatic carboxylic acids is 1. The summed E-state index contributed by atoms with van der Waals surface area (Å²) in [4.78, 5) is 22.3. The molecule has 0 heterocycles.